The predicted molar refractivity (Wildman–Crippen MR) is 89.9 cm³/mol. The minimum atomic E-state index is -0.873. The van der Waals surface area contributed by atoms with E-state index in [1.165, 1.54) is 0 Å². The number of amides is 2. The second kappa shape index (κ2) is 5.72. The van der Waals surface area contributed by atoms with Crippen LogP contribution in [-0.4, -0.2) is 27.7 Å². The van der Waals surface area contributed by atoms with Gasteiger partial charge in [0.15, 0.2) is 0 Å². The summed E-state index contributed by atoms with van der Waals surface area (Å²) in [4.78, 5) is 22.3. The standard InChI is InChI=1S/C17H17ClN4O2/c18-15-8-11(2-7-20-15)13-10-21-16(23)22(13)14-9-19-6-3-12(14)17(24)4-1-5-17/h2-3,6-9,13,24H,1,4-5,10H2,(H,21,23). The van der Waals surface area contributed by atoms with Crippen LogP contribution in [0.5, 0.6) is 0 Å². The molecule has 2 aromatic heterocycles. The zero-order chi connectivity index (χ0) is 16.7. The summed E-state index contributed by atoms with van der Waals surface area (Å²) in [7, 11) is 0. The Hall–Kier alpha value is -2.18. The molecule has 6 nitrogen and oxygen atoms in total. The van der Waals surface area contributed by atoms with E-state index >= 15 is 0 Å². The first-order valence-electron chi connectivity index (χ1n) is 7.94. The summed E-state index contributed by atoms with van der Waals surface area (Å²) < 4.78 is 0. The third kappa shape index (κ3) is 2.42. The minimum absolute atomic E-state index is 0.204. The van der Waals surface area contributed by atoms with Crippen LogP contribution in [0.4, 0.5) is 10.5 Å². The highest BCUT2D eigenvalue weighted by molar-refractivity contribution is 6.29. The number of urea groups is 1. The molecule has 1 saturated carbocycles. The smallest absolute Gasteiger partial charge is 0.322 e. The zero-order valence-corrected chi connectivity index (χ0v) is 13.7. The Balaban J connectivity index is 1.78. The molecule has 2 aliphatic rings. The predicted octanol–water partition coefficient (Wildman–Crippen LogP) is 2.77. The Morgan fingerprint density at radius 1 is 1.33 bits per heavy atom. The van der Waals surface area contributed by atoms with E-state index < -0.39 is 5.60 Å². The number of carbonyl (C=O) groups is 1. The number of aliphatic hydroxyl groups is 1. The normalized spacial score (nSPS) is 22.2. The fourth-order valence-electron chi connectivity index (χ4n) is 3.42. The zero-order valence-electron chi connectivity index (χ0n) is 12.9. The Labute approximate surface area is 144 Å². The van der Waals surface area contributed by atoms with Crippen molar-refractivity contribution in [3.05, 3.63) is 53.1 Å². The van der Waals surface area contributed by atoms with Crippen molar-refractivity contribution >= 4 is 23.3 Å². The van der Waals surface area contributed by atoms with Crippen molar-refractivity contribution < 1.29 is 9.90 Å². The van der Waals surface area contributed by atoms with Gasteiger partial charge in [-0.2, -0.15) is 0 Å². The Morgan fingerprint density at radius 3 is 2.88 bits per heavy atom. The van der Waals surface area contributed by atoms with Gasteiger partial charge in [-0.25, -0.2) is 9.78 Å². The number of aromatic nitrogens is 2. The molecule has 3 heterocycles. The SMILES string of the molecule is O=C1NCC(c2ccnc(Cl)c2)N1c1cnccc1C1(O)CCC1. The van der Waals surface area contributed by atoms with Crippen LogP contribution in [0.1, 0.15) is 36.4 Å². The van der Waals surface area contributed by atoms with Gasteiger partial charge >= 0.3 is 6.03 Å². The van der Waals surface area contributed by atoms with Crippen molar-refractivity contribution in [2.45, 2.75) is 30.9 Å². The molecule has 1 saturated heterocycles. The third-order valence-corrected chi connectivity index (χ3v) is 5.06. The fourth-order valence-corrected chi connectivity index (χ4v) is 3.61. The molecule has 0 aromatic carbocycles. The van der Waals surface area contributed by atoms with E-state index in [0.29, 0.717) is 30.2 Å². The van der Waals surface area contributed by atoms with Gasteiger partial charge < -0.3 is 10.4 Å². The van der Waals surface area contributed by atoms with E-state index in [-0.39, 0.29) is 12.1 Å². The average Bonchev–Trinajstić information content (AvgIpc) is 2.94. The maximum Gasteiger partial charge on any atom is 0.322 e. The monoisotopic (exact) mass is 344 g/mol. The van der Waals surface area contributed by atoms with Gasteiger partial charge in [0.1, 0.15) is 5.15 Å². The number of anilines is 1. The molecule has 4 rings (SSSR count). The molecule has 1 unspecified atom stereocenters. The molecule has 2 fully saturated rings. The van der Waals surface area contributed by atoms with Crippen LogP contribution in [0.3, 0.4) is 0 Å². The number of nitrogens with zero attached hydrogens (tertiary/aromatic N) is 3. The first-order chi connectivity index (χ1) is 11.6. The van der Waals surface area contributed by atoms with Gasteiger partial charge in [-0.15, -0.1) is 0 Å². The van der Waals surface area contributed by atoms with Gasteiger partial charge in [0.2, 0.25) is 0 Å². The summed E-state index contributed by atoms with van der Waals surface area (Å²) >= 11 is 6.00. The van der Waals surface area contributed by atoms with Crippen LogP contribution in [-0.2, 0) is 5.60 Å². The van der Waals surface area contributed by atoms with Gasteiger partial charge in [0.05, 0.1) is 23.5 Å². The second-order valence-corrected chi connectivity index (χ2v) is 6.65. The molecule has 24 heavy (non-hydrogen) atoms. The van der Waals surface area contributed by atoms with E-state index in [2.05, 4.69) is 15.3 Å². The third-order valence-electron chi connectivity index (χ3n) is 4.85. The second-order valence-electron chi connectivity index (χ2n) is 6.26. The lowest BCUT2D eigenvalue weighted by molar-refractivity contribution is -0.0383. The van der Waals surface area contributed by atoms with Crippen molar-refractivity contribution in [1.29, 1.82) is 0 Å². The lowest BCUT2D eigenvalue weighted by atomic mass is 9.74. The number of carbonyl (C=O) groups excluding carboxylic acids is 1. The van der Waals surface area contributed by atoms with Crippen molar-refractivity contribution in [1.82, 2.24) is 15.3 Å². The molecule has 7 heteroatoms. The molecule has 1 aliphatic carbocycles. The molecule has 2 amide bonds. The maximum absolute atomic E-state index is 12.5. The van der Waals surface area contributed by atoms with Crippen LogP contribution >= 0.6 is 11.6 Å². The van der Waals surface area contributed by atoms with Crippen molar-refractivity contribution in [3.63, 3.8) is 0 Å². The van der Waals surface area contributed by atoms with E-state index in [0.717, 1.165) is 17.5 Å². The van der Waals surface area contributed by atoms with Crippen LogP contribution in [0.15, 0.2) is 36.8 Å². The molecule has 2 N–H and O–H groups in total. The molecular formula is C17H17ClN4O2. The molecule has 2 aromatic rings. The van der Waals surface area contributed by atoms with Crippen LogP contribution in [0, 0.1) is 0 Å². The average molecular weight is 345 g/mol. The van der Waals surface area contributed by atoms with E-state index in [1.54, 1.807) is 35.6 Å². The molecule has 0 spiro atoms. The van der Waals surface area contributed by atoms with Gasteiger partial charge in [-0.3, -0.25) is 9.88 Å². The Bertz CT molecular complexity index is 794. The lowest BCUT2D eigenvalue weighted by Gasteiger charge is -2.39. The highest BCUT2D eigenvalue weighted by atomic mass is 35.5. The summed E-state index contributed by atoms with van der Waals surface area (Å²) in [5.41, 5.74) is 1.42. The van der Waals surface area contributed by atoms with Crippen molar-refractivity contribution in [2.75, 3.05) is 11.4 Å². The quantitative estimate of drug-likeness (QED) is 0.839. The van der Waals surface area contributed by atoms with Crippen LogP contribution < -0.4 is 10.2 Å². The molecule has 0 bridgehead atoms. The van der Waals surface area contributed by atoms with E-state index in [1.807, 2.05) is 6.07 Å². The summed E-state index contributed by atoms with van der Waals surface area (Å²) in [6, 6.07) is 4.98. The van der Waals surface area contributed by atoms with Crippen molar-refractivity contribution in [2.24, 2.45) is 0 Å². The maximum atomic E-state index is 12.5. The molecular weight excluding hydrogens is 328 g/mol. The number of halogens is 1. The van der Waals surface area contributed by atoms with Crippen LogP contribution in [0.2, 0.25) is 5.15 Å². The van der Waals surface area contributed by atoms with Gasteiger partial charge in [-0.05, 0) is 43.0 Å². The van der Waals surface area contributed by atoms with Crippen LogP contribution in [0.25, 0.3) is 0 Å². The minimum Gasteiger partial charge on any atom is -0.385 e. The highest BCUT2D eigenvalue weighted by Crippen LogP contribution is 2.46. The number of hydrogen-bond acceptors (Lipinski definition) is 4. The van der Waals surface area contributed by atoms with Gasteiger partial charge in [0.25, 0.3) is 0 Å². The summed E-state index contributed by atoms with van der Waals surface area (Å²) in [6.07, 6.45) is 7.31. The fraction of sp³-hybridized carbons (Fsp3) is 0.353. The molecule has 0 radical (unpaired) electrons. The first-order valence-corrected chi connectivity index (χ1v) is 8.32. The molecule has 1 aliphatic heterocycles. The summed E-state index contributed by atoms with van der Waals surface area (Å²) in [5, 5.41) is 14.0. The van der Waals surface area contributed by atoms with Gasteiger partial charge in [0, 0.05) is 24.5 Å². The Morgan fingerprint density at radius 2 is 2.17 bits per heavy atom. The van der Waals surface area contributed by atoms with E-state index in [4.69, 9.17) is 11.6 Å². The number of nitrogens with one attached hydrogen (secondary N) is 1. The topological polar surface area (TPSA) is 78.4 Å². The van der Waals surface area contributed by atoms with E-state index in [9.17, 15) is 9.90 Å². The Kier molecular flexibility index (Phi) is 3.66. The highest BCUT2D eigenvalue weighted by Gasteiger charge is 2.42. The summed E-state index contributed by atoms with van der Waals surface area (Å²) in [5.74, 6) is 0. The summed E-state index contributed by atoms with van der Waals surface area (Å²) in [6.45, 7) is 0.464. The first kappa shape index (κ1) is 15.4. The lowest BCUT2D eigenvalue weighted by Crippen LogP contribution is -2.38. The molecule has 124 valence electrons. The molecule has 1 atom stereocenters. The van der Waals surface area contributed by atoms with Crippen molar-refractivity contribution in [3.8, 4) is 0 Å². The van der Waals surface area contributed by atoms with Gasteiger partial charge in [-0.1, -0.05) is 11.6 Å². The number of rotatable bonds is 3. The largest absolute Gasteiger partial charge is 0.385 e. The number of pyridine rings is 2. The number of hydrogen-bond donors (Lipinski definition) is 2.